The number of nitrogens with zero attached hydrogens (tertiary/aromatic N) is 2. The van der Waals surface area contributed by atoms with Crippen molar-refractivity contribution in [2.24, 2.45) is 0 Å². The summed E-state index contributed by atoms with van der Waals surface area (Å²) in [6.45, 7) is 3.78. The molecule has 0 saturated carbocycles. The molecule has 2 rings (SSSR count). The highest BCUT2D eigenvalue weighted by Crippen LogP contribution is 2.14. The Hall–Kier alpha value is -2.43. The zero-order valence-electron chi connectivity index (χ0n) is 11.2. The first kappa shape index (κ1) is 13.0. The van der Waals surface area contributed by atoms with Crippen molar-refractivity contribution < 1.29 is 4.79 Å². The topological polar surface area (TPSA) is 66.9 Å². The maximum absolute atomic E-state index is 12.1. The lowest BCUT2D eigenvalue weighted by atomic mass is 10.2. The fraction of sp³-hybridized carbons (Fsp3) is 0.214. The molecular weight excluding hydrogens is 240 g/mol. The van der Waals surface area contributed by atoms with Crippen molar-refractivity contribution in [3.63, 3.8) is 0 Å². The molecule has 0 aliphatic carbocycles. The lowest BCUT2D eigenvalue weighted by molar-refractivity contribution is 0.102. The molecule has 0 bridgehead atoms. The lowest BCUT2D eigenvalue weighted by Gasteiger charge is -2.08. The minimum Gasteiger partial charge on any atom is -0.373 e. The van der Waals surface area contributed by atoms with Gasteiger partial charge in [-0.15, -0.1) is 0 Å². The van der Waals surface area contributed by atoms with Crippen LogP contribution in [-0.4, -0.2) is 22.9 Å². The van der Waals surface area contributed by atoms with Crippen LogP contribution in [0.4, 0.5) is 11.5 Å². The highest BCUT2D eigenvalue weighted by atomic mass is 16.1. The van der Waals surface area contributed by atoms with Crippen LogP contribution in [0, 0.1) is 13.8 Å². The number of amides is 1. The number of pyridine rings is 2. The quantitative estimate of drug-likeness (QED) is 0.884. The number of carbonyl (C=O) groups excluding carboxylic acids is 1. The van der Waals surface area contributed by atoms with Crippen molar-refractivity contribution in [2.75, 3.05) is 17.7 Å². The summed E-state index contributed by atoms with van der Waals surface area (Å²) in [5.41, 5.74) is 2.95. The van der Waals surface area contributed by atoms with E-state index in [0.717, 1.165) is 17.2 Å². The van der Waals surface area contributed by atoms with Crippen LogP contribution < -0.4 is 10.6 Å². The molecule has 0 aromatic carbocycles. The standard InChI is InChI=1S/C14H16N4O/c1-9-4-6-12(10(2)17-9)18-14(19)11-5-7-13(15-3)16-8-11/h4-8H,1-3H3,(H,15,16)(H,18,19). The van der Waals surface area contributed by atoms with Gasteiger partial charge in [0.2, 0.25) is 0 Å². The van der Waals surface area contributed by atoms with Gasteiger partial charge in [0.1, 0.15) is 5.82 Å². The predicted molar refractivity (Wildman–Crippen MR) is 75.4 cm³/mol. The summed E-state index contributed by atoms with van der Waals surface area (Å²) < 4.78 is 0. The second-order valence-corrected chi connectivity index (χ2v) is 4.22. The van der Waals surface area contributed by atoms with Crippen LogP contribution in [0.3, 0.4) is 0 Å². The van der Waals surface area contributed by atoms with Crippen molar-refractivity contribution in [1.82, 2.24) is 9.97 Å². The number of rotatable bonds is 3. The Bertz CT molecular complexity index is 593. The third-order valence-corrected chi connectivity index (χ3v) is 2.76. The van der Waals surface area contributed by atoms with Gasteiger partial charge in [-0.05, 0) is 38.1 Å². The summed E-state index contributed by atoms with van der Waals surface area (Å²) in [5, 5.41) is 5.73. The van der Waals surface area contributed by atoms with E-state index in [9.17, 15) is 4.79 Å². The van der Waals surface area contributed by atoms with Gasteiger partial charge in [0, 0.05) is 18.9 Å². The van der Waals surface area contributed by atoms with Gasteiger partial charge in [-0.3, -0.25) is 9.78 Å². The number of anilines is 2. The van der Waals surface area contributed by atoms with Crippen molar-refractivity contribution in [2.45, 2.75) is 13.8 Å². The lowest BCUT2D eigenvalue weighted by Crippen LogP contribution is -2.13. The van der Waals surface area contributed by atoms with Gasteiger partial charge in [-0.2, -0.15) is 0 Å². The van der Waals surface area contributed by atoms with Crippen LogP contribution >= 0.6 is 0 Å². The van der Waals surface area contributed by atoms with Gasteiger partial charge >= 0.3 is 0 Å². The molecule has 0 saturated heterocycles. The number of aromatic nitrogens is 2. The fourth-order valence-electron chi connectivity index (χ4n) is 1.69. The molecule has 5 nitrogen and oxygen atoms in total. The number of nitrogens with one attached hydrogen (secondary N) is 2. The number of aryl methyl sites for hydroxylation is 2. The van der Waals surface area contributed by atoms with Crippen LogP contribution in [0.25, 0.3) is 0 Å². The Morgan fingerprint density at radius 1 is 1.16 bits per heavy atom. The third-order valence-electron chi connectivity index (χ3n) is 2.76. The van der Waals surface area contributed by atoms with Crippen LogP contribution in [-0.2, 0) is 0 Å². The average Bonchev–Trinajstić information content (AvgIpc) is 2.42. The van der Waals surface area contributed by atoms with Crippen LogP contribution in [0.15, 0.2) is 30.5 Å². The number of hydrogen-bond donors (Lipinski definition) is 2. The zero-order valence-corrected chi connectivity index (χ0v) is 11.2. The second-order valence-electron chi connectivity index (χ2n) is 4.22. The largest absolute Gasteiger partial charge is 0.373 e. The van der Waals surface area contributed by atoms with Crippen molar-refractivity contribution in [3.05, 3.63) is 47.4 Å². The molecular formula is C14H16N4O. The first-order valence-electron chi connectivity index (χ1n) is 5.99. The van der Waals surface area contributed by atoms with E-state index in [-0.39, 0.29) is 5.91 Å². The van der Waals surface area contributed by atoms with Crippen molar-refractivity contribution in [1.29, 1.82) is 0 Å². The molecule has 2 heterocycles. The summed E-state index contributed by atoms with van der Waals surface area (Å²) in [6.07, 6.45) is 1.54. The van der Waals surface area contributed by atoms with Crippen LogP contribution in [0.1, 0.15) is 21.7 Å². The molecule has 2 N–H and O–H groups in total. The monoisotopic (exact) mass is 256 g/mol. The molecule has 1 amide bonds. The maximum atomic E-state index is 12.1. The van der Waals surface area contributed by atoms with Gasteiger partial charge in [0.05, 0.1) is 16.9 Å². The Balaban J connectivity index is 2.15. The molecule has 0 radical (unpaired) electrons. The summed E-state index contributed by atoms with van der Waals surface area (Å²) in [6, 6.07) is 7.20. The number of carbonyl (C=O) groups is 1. The van der Waals surface area contributed by atoms with E-state index in [0.29, 0.717) is 11.3 Å². The van der Waals surface area contributed by atoms with E-state index >= 15 is 0 Å². The van der Waals surface area contributed by atoms with E-state index in [2.05, 4.69) is 20.6 Å². The van der Waals surface area contributed by atoms with Gasteiger partial charge in [-0.25, -0.2) is 4.98 Å². The SMILES string of the molecule is CNc1ccc(C(=O)Nc2ccc(C)nc2C)cn1. The fourth-order valence-corrected chi connectivity index (χ4v) is 1.69. The van der Waals surface area contributed by atoms with Crippen LogP contribution in [0.5, 0.6) is 0 Å². The smallest absolute Gasteiger partial charge is 0.257 e. The molecule has 0 fully saturated rings. The minimum atomic E-state index is -0.191. The Kier molecular flexibility index (Phi) is 3.75. The van der Waals surface area contributed by atoms with E-state index in [1.165, 1.54) is 6.20 Å². The average molecular weight is 256 g/mol. The molecule has 0 aliphatic heterocycles. The molecule has 0 atom stereocenters. The molecule has 19 heavy (non-hydrogen) atoms. The van der Waals surface area contributed by atoms with Crippen molar-refractivity contribution in [3.8, 4) is 0 Å². The first-order chi connectivity index (χ1) is 9.10. The van der Waals surface area contributed by atoms with Gasteiger partial charge < -0.3 is 10.6 Å². The molecule has 0 aliphatic rings. The van der Waals surface area contributed by atoms with E-state index in [4.69, 9.17) is 0 Å². The summed E-state index contributed by atoms with van der Waals surface area (Å²) in [5.74, 6) is 0.536. The molecule has 0 unspecified atom stereocenters. The third kappa shape index (κ3) is 3.07. The highest BCUT2D eigenvalue weighted by molar-refractivity contribution is 6.04. The molecule has 2 aromatic rings. The van der Waals surface area contributed by atoms with Crippen LogP contribution in [0.2, 0.25) is 0 Å². The maximum Gasteiger partial charge on any atom is 0.257 e. The molecule has 2 aromatic heterocycles. The number of hydrogen-bond acceptors (Lipinski definition) is 4. The molecule has 98 valence electrons. The van der Waals surface area contributed by atoms with Gasteiger partial charge in [0.25, 0.3) is 5.91 Å². The zero-order chi connectivity index (χ0) is 13.8. The summed E-state index contributed by atoms with van der Waals surface area (Å²) >= 11 is 0. The summed E-state index contributed by atoms with van der Waals surface area (Å²) in [4.78, 5) is 20.5. The second kappa shape index (κ2) is 5.48. The van der Waals surface area contributed by atoms with E-state index in [1.54, 1.807) is 19.2 Å². The molecule has 5 heteroatoms. The highest BCUT2D eigenvalue weighted by Gasteiger charge is 2.08. The summed E-state index contributed by atoms with van der Waals surface area (Å²) in [7, 11) is 1.78. The Morgan fingerprint density at radius 3 is 2.53 bits per heavy atom. The first-order valence-corrected chi connectivity index (χ1v) is 5.99. The normalized spacial score (nSPS) is 10.1. The van der Waals surface area contributed by atoms with Crippen molar-refractivity contribution >= 4 is 17.4 Å². The Labute approximate surface area is 112 Å². The molecule has 0 spiro atoms. The van der Waals surface area contributed by atoms with Gasteiger partial charge in [-0.1, -0.05) is 0 Å². The predicted octanol–water partition coefficient (Wildman–Crippen LogP) is 2.39. The van der Waals surface area contributed by atoms with E-state index < -0.39 is 0 Å². The minimum absolute atomic E-state index is 0.191. The Morgan fingerprint density at radius 2 is 1.95 bits per heavy atom. The van der Waals surface area contributed by atoms with Gasteiger partial charge in [0.15, 0.2) is 0 Å². The van der Waals surface area contributed by atoms with E-state index in [1.807, 2.05) is 26.0 Å².